The molecule has 2 aromatic rings. The minimum Gasteiger partial charge on any atom is -0.416 e. The number of nitrogens with zero attached hydrogens (tertiary/aromatic N) is 1. The Hall–Kier alpha value is -1.96. The van der Waals surface area contributed by atoms with Crippen LogP contribution in [0.2, 0.25) is 21.6 Å². The van der Waals surface area contributed by atoms with Crippen molar-refractivity contribution in [1.29, 1.82) is 0 Å². The van der Waals surface area contributed by atoms with Gasteiger partial charge in [0.25, 0.3) is 0 Å². The van der Waals surface area contributed by atoms with Crippen molar-refractivity contribution >= 4 is 37.1 Å². The van der Waals surface area contributed by atoms with Crippen LogP contribution in [-0.2, 0) is 17.3 Å². The molecule has 3 rings (SSSR count). The zero-order chi connectivity index (χ0) is 26.1. The fraction of sp³-hybridized carbons (Fsp3) is 0.481. The summed E-state index contributed by atoms with van der Waals surface area (Å²) >= 11 is 5.82. The van der Waals surface area contributed by atoms with Gasteiger partial charge in [-0.05, 0) is 45.9 Å². The Morgan fingerprint density at radius 1 is 1.03 bits per heavy atom. The van der Waals surface area contributed by atoms with Crippen LogP contribution in [0.5, 0.6) is 0 Å². The molecular formula is C27H33ClF3NO2Si. The number of ketones is 1. The van der Waals surface area contributed by atoms with E-state index >= 15 is 0 Å². The third-order valence-corrected chi connectivity index (χ3v) is 13.5. The summed E-state index contributed by atoms with van der Waals surface area (Å²) in [7, 11) is -2.06. The van der Waals surface area contributed by atoms with Crippen molar-refractivity contribution in [3.63, 3.8) is 0 Å². The summed E-state index contributed by atoms with van der Waals surface area (Å²) < 4.78 is 49.0. The van der Waals surface area contributed by atoms with E-state index in [0.29, 0.717) is 46.5 Å². The lowest BCUT2D eigenvalue weighted by molar-refractivity contribution is 0.0991. The molecule has 0 fully saturated rings. The van der Waals surface area contributed by atoms with E-state index in [4.69, 9.17) is 16.0 Å². The van der Waals surface area contributed by atoms with Crippen molar-refractivity contribution in [2.75, 3.05) is 6.61 Å². The van der Waals surface area contributed by atoms with Crippen LogP contribution in [0.15, 0.2) is 29.3 Å². The van der Waals surface area contributed by atoms with Crippen molar-refractivity contribution in [2.24, 2.45) is 4.99 Å². The number of Topliss-reactive ketones (excluding diaryl/α,β-unsaturated/α-hetero) is 1. The van der Waals surface area contributed by atoms with Crippen molar-refractivity contribution in [3.8, 4) is 0 Å². The molecule has 190 valence electrons. The quantitative estimate of drug-likeness (QED) is 0.231. The number of aliphatic imine (C=N–C) groups is 1. The molecule has 0 N–H and O–H groups in total. The van der Waals surface area contributed by atoms with Gasteiger partial charge in [-0.25, -0.2) is 13.2 Å². The van der Waals surface area contributed by atoms with Gasteiger partial charge in [-0.2, -0.15) is 0 Å². The summed E-state index contributed by atoms with van der Waals surface area (Å²) in [6.07, 6.45) is 0.639. The summed E-state index contributed by atoms with van der Waals surface area (Å²) in [6.45, 7) is 13.7. The highest BCUT2D eigenvalue weighted by atomic mass is 35.5. The summed E-state index contributed by atoms with van der Waals surface area (Å²) in [4.78, 5) is 17.4. The van der Waals surface area contributed by atoms with Crippen molar-refractivity contribution < 1.29 is 22.4 Å². The highest BCUT2D eigenvalue weighted by Gasteiger charge is 2.45. The van der Waals surface area contributed by atoms with E-state index in [1.165, 1.54) is 18.2 Å². The van der Waals surface area contributed by atoms with E-state index in [2.05, 4.69) is 46.5 Å². The highest BCUT2D eigenvalue weighted by molar-refractivity contribution is 6.77. The number of hydrogen-bond acceptors (Lipinski definition) is 3. The molecule has 0 saturated carbocycles. The lowest BCUT2D eigenvalue weighted by Gasteiger charge is -2.42. The molecule has 2 aromatic carbocycles. The normalized spacial score (nSPS) is 13.7. The van der Waals surface area contributed by atoms with Gasteiger partial charge in [0.2, 0.25) is 0 Å². The maximum atomic E-state index is 14.6. The van der Waals surface area contributed by atoms with Crippen LogP contribution in [0.3, 0.4) is 0 Å². The van der Waals surface area contributed by atoms with Gasteiger partial charge in [-0.15, -0.1) is 0 Å². The Morgan fingerprint density at radius 2 is 1.66 bits per heavy atom. The number of benzene rings is 2. The molecule has 0 unspecified atom stereocenters. The molecule has 0 saturated heterocycles. The Bertz CT molecular complexity index is 1130. The van der Waals surface area contributed by atoms with E-state index in [1.54, 1.807) is 0 Å². The molecule has 1 aliphatic rings. The SMILES string of the molecule is CC(C)[Si](OCCC1=Nc2c(F)c(F)cc(C(=O)Cc3ccc(F)c(Cl)c3)c2C1)(C(C)C)C(C)C. The summed E-state index contributed by atoms with van der Waals surface area (Å²) in [5.74, 6) is -3.15. The van der Waals surface area contributed by atoms with Crippen LogP contribution in [0.25, 0.3) is 0 Å². The lowest BCUT2D eigenvalue weighted by atomic mass is 9.95. The number of carbonyl (C=O) groups is 1. The molecule has 0 radical (unpaired) electrons. The largest absolute Gasteiger partial charge is 0.416 e. The Kier molecular flexibility index (Phi) is 8.66. The second-order valence-electron chi connectivity index (χ2n) is 10.2. The molecule has 1 heterocycles. The molecule has 0 aromatic heterocycles. The third-order valence-electron chi connectivity index (χ3n) is 7.05. The molecule has 8 heteroatoms. The summed E-state index contributed by atoms with van der Waals surface area (Å²) in [6, 6.07) is 4.93. The van der Waals surface area contributed by atoms with Crippen LogP contribution >= 0.6 is 11.6 Å². The number of rotatable bonds is 10. The maximum absolute atomic E-state index is 14.6. The van der Waals surface area contributed by atoms with Gasteiger partial charge in [0.15, 0.2) is 25.7 Å². The number of fused-ring (bicyclic) bond motifs is 1. The predicted molar refractivity (Wildman–Crippen MR) is 138 cm³/mol. The standard InChI is InChI=1S/C27H33ClF3NO2Si/c1-15(2)35(16(3)4,17(5)6)34-10-9-19-13-21-20(14-24(30)26(31)27(21)32-19)25(33)12-18-7-8-23(29)22(28)11-18/h7-8,11,14-17H,9-10,12-13H2,1-6H3. The predicted octanol–water partition coefficient (Wildman–Crippen LogP) is 8.39. The fourth-order valence-electron chi connectivity index (χ4n) is 5.52. The molecule has 3 nitrogen and oxygen atoms in total. The second kappa shape index (κ2) is 11.0. The highest BCUT2D eigenvalue weighted by Crippen LogP contribution is 2.42. The lowest BCUT2D eigenvalue weighted by Crippen LogP contribution is -2.48. The van der Waals surface area contributed by atoms with Crippen molar-refractivity contribution in [3.05, 3.63) is 63.4 Å². The van der Waals surface area contributed by atoms with Gasteiger partial charge in [0.05, 0.1) is 5.02 Å². The van der Waals surface area contributed by atoms with Crippen LogP contribution in [-0.4, -0.2) is 26.4 Å². The number of halogens is 4. The number of hydrogen-bond donors (Lipinski definition) is 0. The minimum atomic E-state index is -2.06. The van der Waals surface area contributed by atoms with Gasteiger partial charge in [-0.1, -0.05) is 59.2 Å². The van der Waals surface area contributed by atoms with Gasteiger partial charge < -0.3 is 4.43 Å². The summed E-state index contributed by atoms with van der Waals surface area (Å²) in [5, 5.41) is -0.0970. The molecule has 0 amide bonds. The molecule has 0 atom stereocenters. The van der Waals surface area contributed by atoms with Crippen LogP contribution in [0.4, 0.5) is 18.9 Å². The smallest absolute Gasteiger partial charge is 0.200 e. The van der Waals surface area contributed by atoms with Gasteiger partial charge in [-0.3, -0.25) is 9.79 Å². The molecule has 0 bridgehead atoms. The molecule has 1 aliphatic heterocycles. The Balaban J connectivity index is 1.79. The van der Waals surface area contributed by atoms with E-state index in [-0.39, 0.29) is 29.1 Å². The Labute approximate surface area is 211 Å². The molecule has 35 heavy (non-hydrogen) atoms. The van der Waals surface area contributed by atoms with E-state index in [0.717, 1.165) is 6.07 Å². The average molecular weight is 524 g/mol. The first-order chi connectivity index (χ1) is 16.4. The van der Waals surface area contributed by atoms with Crippen molar-refractivity contribution in [2.45, 2.75) is 77.4 Å². The number of carbonyl (C=O) groups excluding carboxylic acids is 1. The molecular weight excluding hydrogens is 491 g/mol. The zero-order valence-corrected chi connectivity index (χ0v) is 22.9. The summed E-state index contributed by atoms with van der Waals surface area (Å²) in [5.41, 5.74) is 2.82. The van der Waals surface area contributed by atoms with Gasteiger partial charge >= 0.3 is 0 Å². The van der Waals surface area contributed by atoms with Crippen LogP contribution in [0.1, 0.15) is 69.4 Å². The first-order valence-corrected chi connectivity index (χ1v) is 14.6. The van der Waals surface area contributed by atoms with E-state index < -0.39 is 31.6 Å². The first kappa shape index (κ1) is 27.6. The topological polar surface area (TPSA) is 38.7 Å². The van der Waals surface area contributed by atoms with Gasteiger partial charge in [0, 0.05) is 37.1 Å². The average Bonchev–Trinajstić information content (AvgIpc) is 3.19. The van der Waals surface area contributed by atoms with Crippen LogP contribution in [0, 0.1) is 17.5 Å². The zero-order valence-electron chi connectivity index (χ0n) is 21.1. The monoisotopic (exact) mass is 523 g/mol. The molecule has 0 aliphatic carbocycles. The molecule has 0 spiro atoms. The third kappa shape index (κ3) is 5.57. The Morgan fingerprint density at radius 3 is 2.23 bits per heavy atom. The van der Waals surface area contributed by atoms with Crippen LogP contribution < -0.4 is 0 Å². The van der Waals surface area contributed by atoms with Gasteiger partial charge in [0.1, 0.15) is 11.5 Å². The second-order valence-corrected chi connectivity index (χ2v) is 16.0. The maximum Gasteiger partial charge on any atom is 0.200 e. The fourth-order valence-corrected chi connectivity index (χ4v) is 11.2. The van der Waals surface area contributed by atoms with E-state index in [1.807, 2.05) is 0 Å². The van der Waals surface area contributed by atoms with E-state index in [9.17, 15) is 18.0 Å². The van der Waals surface area contributed by atoms with Crippen molar-refractivity contribution in [1.82, 2.24) is 0 Å². The minimum absolute atomic E-state index is 0.0919. The first-order valence-electron chi connectivity index (χ1n) is 12.1.